The minimum absolute atomic E-state index is 0.000499. The largest absolute Gasteiger partial charge is 0.490 e. The van der Waals surface area contributed by atoms with E-state index in [2.05, 4.69) is 15.6 Å². The number of unbranched alkanes of at least 4 members (excludes halogenated alkanes) is 1. The fourth-order valence-corrected chi connectivity index (χ4v) is 7.40. The van der Waals surface area contributed by atoms with E-state index in [0.29, 0.717) is 36.5 Å². The second kappa shape index (κ2) is 18.8. The number of amides is 4. The maximum atomic E-state index is 14.0. The number of carbonyl (C=O) groups is 4. The molecule has 4 amide bonds. The van der Waals surface area contributed by atoms with Crippen molar-refractivity contribution in [2.75, 3.05) is 13.2 Å². The standard InChI is InChI=1S/C39H53ClN6O6S/c1-23(25-13-15-27(16-14-25)35-24(2)43-22-53-35)44-37(50)30-19-29(47)20-46(30)38(51)36(39(3,4)5)45-33(49)12-7-6-9-26-10-8-11-31(34(26)40)52-21-28(41)17-18-32(42)48/h8,10-11,13-16,22-23,28-30,36,47H,6-7,9,12,17-21,41H2,1-5H3,(H2,42,48)(H,44,50)(H,45,49)/t23-,28-,29+,30-,36?/m0/s1. The predicted octanol–water partition coefficient (Wildman–Crippen LogP) is 4.83. The maximum absolute atomic E-state index is 14.0. The molecule has 3 aromatic rings. The van der Waals surface area contributed by atoms with Gasteiger partial charge < -0.3 is 36.8 Å². The second-order valence-corrected chi connectivity index (χ2v) is 16.1. The van der Waals surface area contributed by atoms with Gasteiger partial charge in [0.05, 0.1) is 33.3 Å². The van der Waals surface area contributed by atoms with Gasteiger partial charge in [-0.25, -0.2) is 4.98 Å². The van der Waals surface area contributed by atoms with Gasteiger partial charge in [0.1, 0.15) is 24.4 Å². The molecule has 0 spiro atoms. The summed E-state index contributed by atoms with van der Waals surface area (Å²) in [7, 11) is 0. The summed E-state index contributed by atoms with van der Waals surface area (Å²) in [5, 5.41) is 17.0. The van der Waals surface area contributed by atoms with E-state index < -0.39 is 35.4 Å². The van der Waals surface area contributed by atoms with Crippen molar-refractivity contribution < 1.29 is 29.0 Å². The summed E-state index contributed by atoms with van der Waals surface area (Å²) in [5.41, 5.74) is 16.1. The highest BCUT2D eigenvalue weighted by Crippen LogP contribution is 2.31. The van der Waals surface area contributed by atoms with Crippen LogP contribution < -0.4 is 26.8 Å². The number of aromatic nitrogens is 1. The topological polar surface area (TPSA) is 190 Å². The van der Waals surface area contributed by atoms with Gasteiger partial charge in [0.25, 0.3) is 0 Å². The smallest absolute Gasteiger partial charge is 0.246 e. The molecule has 0 aliphatic carbocycles. The van der Waals surface area contributed by atoms with Gasteiger partial charge in [-0.1, -0.05) is 68.8 Å². The zero-order valence-electron chi connectivity index (χ0n) is 31.2. The zero-order valence-corrected chi connectivity index (χ0v) is 32.8. The number of likely N-dealkylation sites (tertiary alicyclic amines) is 1. The fraction of sp³-hybridized carbons (Fsp3) is 0.513. The number of thiazole rings is 1. The first-order valence-electron chi connectivity index (χ1n) is 18.1. The van der Waals surface area contributed by atoms with Crippen LogP contribution in [0.3, 0.4) is 0 Å². The molecule has 1 fully saturated rings. The highest BCUT2D eigenvalue weighted by atomic mass is 35.5. The van der Waals surface area contributed by atoms with Crippen LogP contribution in [-0.4, -0.2) is 76.0 Å². The number of nitrogens with one attached hydrogen (secondary N) is 2. The van der Waals surface area contributed by atoms with Crippen LogP contribution in [0.25, 0.3) is 10.4 Å². The molecule has 0 saturated carbocycles. The van der Waals surface area contributed by atoms with Crippen molar-refractivity contribution in [2.24, 2.45) is 16.9 Å². The van der Waals surface area contributed by atoms with Gasteiger partial charge in [-0.2, -0.15) is 0 Å². The second-order valence-electron chi connectivity index (χ2n) is 14.9. The van der Waals surface area contributed by atoms with Gasteiger partial charge in [-0.3, -0.25) is 19.2 Å². The van der Waals surface area contributed by atoms with Gasteiger partial charge in [0.15, 0.2) is 0 Å². The summed E-state index contributed by atoms with van der Waals surface area (Å²) < 4.78 is 5.79. The van der Waals surface area contributed by atoms with Crippen molar-refractivity contribution >= 4 is 46.6 Å². The SMILES string of the molecule is Cc1ncsc1-c1ccc([C@H](C)NC(=O)[C@@H]2C[C@@H](O)CN2C(=O)C(NC(=O)CCCCc2cccc(OC[C@@H](N)CCC(N)=O)c2Cl)C(C)(C)C)cc1. The third-order valence-electron chi connectivity index (χ3n) is 9.42. The van der Waals surface area contributed by atoms with Gasteiger partial charge in [-0.15, -0.1) is 11.3 Å². The Morgan fingerprint density at radius 3 is 2.45 bits per heavy atom. The Hall–Kier alpha value is -4.04. The number of β-amino-alcohol motifs (C(OH)–C–C–N with tert-alkyl or cyclic N) is 1. The number of aliphatic hydroxyl groups excluding tert-OH is 1. The number of aliphatic hydroxyl groups is 1. The lowest BCUT2D eigenvalue weighted by Gasteiger charge is -2.35. The molecule has 288 valence electrons. The van der Waals surface area contributed by atoms with Crippen LogP contribution in [0, 0.1) is 12.3 Å². The fourth-order valence-electron chi connectivity index (χ4n) is 6.32. The summed E-state index contributed by atoms with van der Waals surface area (Å²) in [6.45, 7) is 9.62. The van der Waals surface area contributed by atoms with E-state index >= 15 is 0 Å². The number of hydrogen-bond donors (Lipinski definition) is 5. The normalized spacial score (nSPS) is 17.5. The van der Waals surface area contributed by atoms with Crippen LogP contribution >= 0.6 is 22.9 Å². The number of halogens is 1. The summed E-state index contributed by atoms with van der Waals surface area (Å²) in [6.07, 6.45) is 1.84. The summed E-state index contributed by atoms with van der Waals surface area (Å²) in [6, 6.07) is 10.9. The molecule has 0 bridgehead atoms. The molecule has 1 aliphatic rings. The van der Waals surface area contributed by atoms with Crippen LogP contribution in [0.1, 0.15) is 89.1 Å². The number of rotatable bonds is 17. The first kappa shape index (κ1) is 41.7. The molecule has 5 atom stereocenters. The van der Waals surface area contributed by atoms with E-state index in [1.807, 2.05) is 76.5 Å². The first-order chi connectivity index (χ1) is 25.0. The number of benzene rings is 2. The molecule has 2 heterocycles. The molecule has 4 rings (SSSR count). The van der Waals surface area contributed by atoms with Crippen molar-refractivity contribution in [1.82, 2.24) is 20.5 Å². The lowest BCUT2D eigenvalue weighted by molar-refractivity contribution is -0.144. The summed E-state index contributed by atoms with van der Waals surface area (Å²) in [4.78, 5) is 58.6. The van der Waals surface area contributed by atoms with Gasteiger partial charge in [0, 0.05) is 31.8 Å². The number of aryl methyl sites for hydroxylation is 2. The minimum atomic E-state index is -0.909. The average Bonchev–Trinajstić information content (AvgIpc) is 3.72. The van der Waals surface area contributed by atoms with Crippen molar-refractivity contribution in [2.45, 2.75) is 110 Å². The Kier molecular flexibility index (Phi) is 14.8. The Bertz CT molecular complexity index is 1730. The number of primary amides is 1. The first-order valence-corrected chi connectivity index (χ1v) is 19.3. The Morgan fingerprint density at radius 1 is 1.09 bits per heavy atom. The van der Waals surface area contributed by atoms with Crippen molar-refractivity contribution in [3.05, 3.63) is 69.8 Å². The summed E-state index contributed by atoms with van der Waals surface area (Å²) >= 11 is 8.17. The number of ether oxygens (including phenoxy) is 1. The quantitative estimate of drug-likeness (QED) is 0.121. The summed E-state index contributed by atoms with van der Waals surface area (Å²) in [5.74, 6) is -0.965. The van der Waals surface area contributed by atoms with E-state index in [0.717, 1.165) is 27.3 Å². The minimum Gasteiger partial charge on any atom is -0.490 e. The Morgan fingerprint density at radius 2 is 1.81 bits per heavy atom. The zero-order chi connectivity index (χ0) is 38.9. The third kappa shape index (κ3) is 11.7. The van der Waals surface area contributed by atoms with Crippen LogP contribution in [0.4, 0.5) is 0 Å². The third-order valence-corrected chi connectivity index (χ3v) is 10.8. The maximum Gasteiger partial charge on any atom is 0.246 e. The molecule has 7 N–H and O–H groups in total. The van der Waals surface area contributed by atoms with Gasteiger partial charge in [0.2, 0.25) is 23.6 Å². The van der Waals surface area contributed by atoms with Crippen LogP contribution in [0.2, 0.25) is 5.02 Å². The van der Waals surface area contributed by atoms with Crippen LogP contribution in [-0.2, 0) is 25.6 Å². The van der Waals surface area contributed by atoms with Crippen LogP contribution in [0.5, 0.6) is 5.75 Å². The van der Waals surface area contributed by atoms with E-state index in [4.69, 9.17) is 27.8 Å². The molecule has 1 unspecified atom stereocenters. The van der Waals surface area contributed by atoms with Gasteiger partial charge in [-0.05, 0) is 67.7 Å². The molecule has 0 radical (unpaired) electrons. The molecule has 1 saturated heterocycles. The van der Waals surface area contributed by atoms with Crippen molar-refractivity contribution in [1.29, 1.82) is 0 Å². The molecular weight excluding hydrogens is 716 g/mol. The molecular formula is C39H53ClN6O6S. The monoisotopic (exact) mass is 768 g/mol. The molecule has 53 heavy (non-hydrogen) atoms. The molecule has 1 aliphatic heterocycles. The van der Waals surface area contributed by atoms with E-state index in [1.165, 1.54) is 4.90 Å². The molecule has 12 nitrogen and oxygen atoms in total. The average molecular weight is 769 g/mol. The lowest BCUT2D eigenvalue weighted by Crippen LogP contribution is -2.57. The Labute approximate surface area is 321 Å². The van der Waals surface area contributed by atoms with Gasteiger partial charge >= 0.3 is 0 Å². The van der Waals surface area contributed by atoms with Crippen molar-refractivity contribution in [3.8, 4) is 16.2 Å². The lowest BCUT2D eigenvalue weighted by atomic mass is 9.85. The van der Waals surface area contributed by atoms with Crippen LogP contribution in [0.15, 0.2) is 48.0 Å². The van der Waals surface area contributed by atoms with E-state index in [1.54, 1.807) is 17.4 Å². The number of nitrogens with zero attached hydrogens (tertiary/aromatic N) is 2. The number of carbonyl (C=O) groups excluding carboxylic acids is 4. The Balaban J connectivity index is 1.30. The molecule has 14 heteroatoms. The van der Waals surface area contributed by atoms with Crippen molar-refractivity contribution in [3.63, 3.8) is 0 Å². The molecule has 2 aromatic carbocycles. The highest BCUT2D eigenvalue weighted by molar-refractivity contribution is 7.13. The van der Waals surface area contributed by atoms with E-state index in [9.17, 15) is 24.3 Å². The molecule has 1 aromatic heterocycles. The van der Waals surface area contributed by atoms with E-state index in [-0.39, 0.29) is 56.3 Å². The predicted molar refractivity (Wildman–Crippen MR) is 207 cm³/mol. The number of nitrogens with two attached hydrogens (primary N) is 2. The highest BCUT2D eigenvalue weighted by Gasteiger charge is 2.44. The number of hydrogen-bond acceptors (Lipinski definition) is 9.